The van der Waals surface area contributed by atoms with Crippen LogP contribution in [-0.4, -0.2) is 63.2 Å². The van der Waals surface area contributed by atoms with E-state index in [-0.39, 0.29) is 25.3 Å². The molecule has 0 bridgehead atoms. The van der Waals surface area contributed by atoms with Crippen molar-refractivity contribution in [3.63, 3.8) is 0 Å². The molecule has 5 N–H and O–H groups in total. The third-order valence-electron chi connectivity index (χ3n) is 3.48. The van der Waals surface area contributed by atoms with Crippen LogP contribution in [0.25, 0.3) is 10.4 Å². The topological polar surface area (TPSA) is 256 Å². The summed E-state index contributed by atoms with van der Waals surface area (Å²) in [5.41, 5.74) is 8.67. The lowest BCUT2D eigenvalue weighted by atomic mass is 10.1. The second kappa shape index (κ2) is 11.8. The fraction of sp³-hybridized carbons (Fsp3) is 0.909. The number of amides is 1. The Balaban J connectivity index is 2.71. The van der Waals surface area contributed by atoms with Gasteiger partial charge < -0.3 is 34.4 Å². The number of hydrogen-bond acceptors (Lipinski definition) is 10. The maximum Gasteiger partial charge on any atom is 0.490 e. The second-order valence-electron chi connectivity index (χ2n) is 6.21. The third-order valence-corrected chi connectivity index (χ3v) is 7.28. The van der Waals surface area contributed by atoms with Gasteiger partial charge in [-0.25, -0.2) is 13.7 Å². The number of phosphoric ester groups is 1. The van der Waals surface area contributed by atoms with E-state index in [1.807, 2.05) is 0 Å². The zero-order chi connectivity index (χ0) is 23.9. The van der Waals surface area contributed by atoms with Gasteiger partial charge in [0.2, 0.25) is 5.91 Å². The van der Waals surface area contributed by atoms with E-state index in [4.69, 9.17) is 29.7 Å². The predicted octanol–water partition coefficient (Wildman–Crippen LogP) is 1.05. The van der Waals surface area contributed by atoms with E-state index in [1.54, 1.807) is 6.92 Å². The molecular weight excluding hydrogens is 489 g/mol. The van der Waals surface area contributed by atoms with Gasteiger partial charge in [0.25, 0.3) is 0 Å². The molecule has 3 unspecified atom stereocenters. The van der Waals surface area contributed by atoms with Gasteiger partial charge in [-0.1, -0.05) is 5.11 Å². The zero-order valence-corrected chi connectivity index (χ0v) is 19.0. The Labute approximate surface area is 176 Å². The number of ether oxygens (including phenoxy) is 2. The number of azide groups is 1. The molecule has 1 aliphatic rings. The molecule has 0 spiro atoms. The van der Waals surface area contributed by atoms with Gasteiger partial charge in [0.05, 0.1) is 18.8 Å². The Morgan fingerprint density at radius 1 is 1.26 bits per heavy atom. The molecule has 1 amide bonds. The summed E-state index contributed by atoms with van der Waals surface area (Å²) < 4.78 is 56.7. The van der Waals surface area contributed by atoms with Crippen LogP contribution in [0.3, 0.4) is 0 Å². The van der Waals surface area contributed by atoms with Gasteiger partial charge in [-0.05, 0) is 18.9 Å². The van der Waals surface area contributed by atoms with Gasteiger partial charge in [-0.15, -0.1) is 0 Å². The van der Waals surface area contributed by atoms with Crippen LogP contribution >= 0.6 is 23.5 Å². The van der Waals surface area contributed by atoms with Crippen LogP contribution in [0.5, 0.6) is 0 Å². The smallest absolute Gasteiger partial charge is 0.370 e. The van der Waals surface area contributed by atoms with E-state index in [9.17, 15) is 23.4 Å². The second-order valence-corrected chi connectivity index (χ2v) is 10.6. The molecule has 1 aliphatic heterocycles. The lowest BCUT2D eigenvalue weighted by Crippen LogP contribution is -2.33. The highest BCUT2D eigenvalue weighted by molar-refractivity contribution is 7.66. The van der Waals surface area contributed by atoms with Crippen molar-refractivity contribution < 1.29 is 60.7 Å². The first-order chi connectivity index (χ1) is 14.1. The minimum atomic E-state index is -5.64. The largest absolute Gasteiger partial charge is 0.490 e. The van der Waals surface area contributed by atoms with E-state index in [0.29, 0.717) is 0 Å². The lowest BCUT2D eigenvalue weighted by Gasteiger charge is -2.23. The SMILES string of the molecule is CC(=O)NCCC(N=[N+]=[N-])O[C@@H]1C[C@H](C)O[C@@H]1COP(=O)(O)OP(=O)(O)OP(=O)(O)O. The molecule has 0 radical (unpaired) electrons. The van der Waals surface area contributed by atoms with Crippen LogP contribution in [-0.2, 0) is 41.1 Å². The summed E-state index contributed by atoms with van der Waals surface area (Å²) in [7, 11) is -16.5. The Morgan fingerprint density at radius 3 is 2.45 bits per heavy atom. The number of nitrogens with zero attached hydrogens (tertiary/aromatic N) is 3. The number of carbonyl (C=O) groups is 1. The summed E-state index contributed by atoms with van der Waals surface area (Å²) in [5, 5.41) is 5.96. The minimum absolute atomic E-state index is 0.122. The molecule has 0 aromatic carbocycles. The zero-order valence-electron chi connectivity index (χ0n) is 16.3. The summed E-state index contributed by atoms with van der Waals surface area (Å²) in [4.78, 5) is 49.3. The highest BCUT2D eigenvalue weighted by atomic mass is 31.3. The molecule has 1 rings (SSSR count). The normalized spacial score (nSPS) is 26.3. The van der Waals surface area contributed by atoms with Gasteiger partial charge in [-0.3, -0.25) is 9.32 Å². The van der Waals surface area contributed by atoms with Crippen LogP contribution in [0.1, 0.15) is 26.7 Å². The number of rotatable bonds is 13. The van der Waals surface area contributed by atoms with Crippen LogP contribution in [0.2, 0.25) is 0 Å². The van der Waals surface area contributed by atoms with E-state index in [0.717, 1.165) is 0 Å². The van der Waals surface area contributed by atoms with Crippen LogP contribution in [0.15, 0.2) is 5.11 Å². The fourth-order valence-corrected chi connectivity index (χ4v) is 5.50. The van der Waals surface area contributed by atoms with Crippen molar-refractivity contribution in [1.29, 1.82) is 0 Å². The van der Waals surface area contributed by atoms with Crippen molar-refractivity contribution in [2.24, 2.45) is 5.11 Å². The maximum absolute atomic E-state index is 11.8. The first-order valence-corrected chi connectivity index (χ1v) is 13.0. The van der Waals surface area contributed by atoms with Gasteiger partial charge in [0.15, 0.2) is 0 Å². The summed E-state index contributed by atoms with van der Waals surface area (Å²) in [6.07, 6.45) is -2.82. The summed E-state index contributed by atoms with van der Waals surface area (Å²) >= 11 is 0. The third kappa shape index (κ3) is 12.1. The van der Waals surface area contributed by atoms with Crippen molar-refractivity contribution in [2.75, 3.05) is 13.2 Å². The maximum atomic E-state index is 11.8. The first-order valence-electron chi connectivity index (χ1n) is 8.50. The summed E-state index contributed by atoms with van der Waals surface area (Å²) in [5.74, 6) is -0.300. The number of phosphoric acid groups is 3. The van der Waals surface area contributed by atoms with E-state index in [2.05, 4.69) is 28.5 Å². The number of hydrogen-bond donors (Lipinski definition) is 5. The standard InChI is InChI=1S/C11H23N4O13P3/c1-7-5-9(26-11(14-15-12)3-4-13-8(2)16)10(25-7)6-24-30(20,21)28-31(22,23)27-29(17,18)19/h7,9-11H,3-6H2,1-2H3,(H,13,16)(H,20,21)(H,22,23)(H2,17,18,19)/t7-,9+,10+,11?/m0/s1. The van der Waals surface area contributed by atoms with Crippen molar-refractivity contribution in [3.05, 3.63) is 10.4 Å². The minimum Gasteiger partial charge on any atom is -0.370 e. The van der Waals surface area contributed by atoms with Gasteiger partial charge in [0.1, 0.15) is 12.3 Å². The predicted molar refractivity (Wildman–Crippen MR) is 99.9 cm³/mol. The van der Waals surface area contributed by atoms with E-state index >= 15 is 0 Å². The molecule has 31 heavy (non-hydrogen) atoms. The molecule has 0 aromatic heterocycles. The van der Waals surface area contributed by atoms with Crippen molar-refractivity contribution in [3.8, 4) is 0 Å². The van der Waals surface area contributed by atoms with Gasteiger partial charge in [0, 0.05) is 24.8 Å². The Morgan fingerprint density at radius 2 is 1.90 bits per heavy atom. The first kappa shape index (κ1) is 28.1. The molecule has 0 aromatic rings. The molecule has 180 valence electrons. The summed E-state index contributed by atoms with van der Waals surface area (Å²) in [6.45, 7) is 2.40. The van der Waals surface area contributed by atoms with Crippen molar-refractivity contribution in [1.82, 2.24) is 5.32 Å². The average Bonchev–Trinajstić information content (AvgIpc) is 2.89. The van der Waals surface area contributed by atoms with Crippen LogP contribution < -0.4 is 5.32 Å². The quantitative estimate of drug-likeness (QED) is 0.100. The number of carbonyl (C=O) groups excluding carboxylic acids is 1. The van der Waals surface area contributed by atoms with Gasteiger partial charge >= 0.3 is 23.5 Å². The van der Waals surface area contributed by atoms with Gasteiger partial charge in [-0.2, -0.15) is 8.62 Å². The Bertz CT molecular complexity index is 815. The average molecular weight is 512 g/mol. The molecule has 20 heteroatoms. The highest BCUT2D eigenvalue weighted by Crippen LogP contribution is 2.66. The molecule has 1 saturated heterocycles. The van der Waals surface area contributed by atoms with Crippen LogP contribution in [0.4, 0.5) is 0 Å². The molecule has 6 atom stereocenters. The van der Waals surface area contributed by atoms with E-state index in [1.165, 1.54) is 6.92 Å². The fourth-order valence-electron chi connectivity index (χ4n) is 2.47. The molecule has 0 saturated carbocycles. The Kier molecular flexibility index (Phi) is 10.7. The van der Waals surface area contributed by atoms with E-state index < -0.39 is 54.6 Å². The Hall–Kier alpha value is -0.890. The molecule has 17 nitrogen and oxygen atoms in total. The molecule has 0 aliphatic carbocycles. The number of nitrogens with one attached hydrogen (secondary N) is 1. The molecular formula is C11H23N4O13P3. The molecule has 1 fully saturated rings. The monoisotopic (exact) mass is 512 g/mol. The highest BCUT2D eigenvalue weighted by Gasteiger charge is 2.42. The summed E-state index contributed by atoms with van der Waals surface area (Å²) in [6, 6.07) is 0. The lowest BCUT2D eigenvalue weighted by molar-refractivity contribution is -0.119. The molecule has 1 heterocycles. The van der Waals surface area contributed by atoms with Crippen molar-refractivity contribution in [2.45, 2.75) is 51.2 Å². The van der Waals surface area contributed by atoms with Crippen molar-refractivity contribution >= 4 is 29.4 Å². The van der Waals surface area contributed by atoms with Crippen LogP contribution in [0, 0.1) is 0 Å².